The third-order valence-electron chi connectivity index (χ3n) is 6.74. The fourth-order valence-electron chi connectivity index (χ4n) is 5.25. The lowest BCUT2D eigenvalue weighted by atomic mass is 10.0. The van der Waals surface area contributed by atoms with Crippen LogP contribution in [0.1, 0.15) is 17.7 Å². The van der Waals surface area contributed by atoms with Gasteiger partial charge in [-0.1, -0.05) is 82.7 Å². The predicted molar refractivity (Wildman–Crippen MR) is 147 cm³/mol. The third-order valence-corrected chi connectivity index (χ3v) is 8.55. The molecule has 0 fully saturated rings. The second-order valence-corrected chi connectivity index (χ2v) is 10.5. The van der Waals surface area contributed by atoms with Gasteiger partial charge in [-0.3, -0.25) is 0 Å². The first-order chi connectivity index (χ1) is 16.3. The highest BCUT2D eigenvalue weighted by Gasteiger charge is 2.23. The van der Waals surface area contributed by atoms with Crippen LogP contribution in [0.3, 0.4) is 0 Å². The van der Waals surface area contributed by atoms with E-state index in [1.165, 1.54) is 63.6 Å². The van der Waals surface area contributed by atoms with Crippen LogP contribution in [0.4, 0.5) is 0 Å². The summed E-state index contributed by atoms with van der Waals surface area (Å²) in [6, 6.07) is 30.7. The molecule has 7 rings (SSSR count). The molecule has 0 spiro atoms. The number of hydrogen-bond donors (Lipinski definition) is 0. The van der Waals surface area contributed by atoms with E-state index < -0.39 is 0 Å². The molecule has 33 heavy (non-hydrogen) atoms. The number of hydrogen-bond acceptors (Lipinski definition) is 1. The first-order valence-corrected chi connectivity index (χ1v) is 12.9. The summed E-state index contributed by atoms with van der Waals surface area (Å²) < 4.78 is 6.37. The van der Waals surface area contributed by atoms with Gasteiger partial charge in [0.2, 0.25) is 0 Å². The molecule has 1 nitrogen and oxygen atoms in total. The van der Waals surface area contributed by atoms with Crippen molar-refractivity contribution >= 4 is 64.4 Å². The van der Waals surface area contributed by atoms with Gasteiger partial charge in [-0.25, -0.2) is 0 Å². The first kappa shape index (κ1) is 19.3. The monoisotopic (exact) mass is 505 g/mol. The molecule has 4 aromatic carbocycles. The molecule has 2 heterocycles. The molecule has 0 saturated heterocycles. The zero-order valence-corrected chi connectivity index (χ0v) is 20.3. The highest BCUT2D eigenvalue weighted by molar-refractivity contribution is 9.10. The lowest BCUT2D eigenvalue weighted by Gasteiger charge is -2.13. The van der Waals surface area contributed by atoms with Gasteiger partial charge in [-0.05, 0) is 59.9 Å². The Morgan fingerprint density at radius 2 is 1.55 bits per heavy atom. The van der Waals surface area contributed by atoms with E-state index in [0.29, 0.717) is 0 Å². The number of aryl methyl sites for hydroxylation is 1. The number of nitrogens with zero attached hydrogens (tertiary/aromatic N) is 1. The van der Waals surface area contributed by atoms with Crippen LogP contribution in [-0.2, 0) is 6.42 Å². The van der Waals surface area contributed by atoms with Crippen molar-refractivity contribution in [3.05, 3.63) is 107 Å². The SMILES string of the molecule is Brc1cc2c3c(n(-c4ccc(-c5ccccc5)cc4)c2c2sc4ccccc4c12)C=CCC3. The van der Waals surface area contributed by atoms with Crippen molar-refractivity contribution in [1.29, 1.82) is 0 Å². The van der Waals surface area contributed by atoms with Crippen molar-refractivity contribution in [1.82, 2.24) is 4.57 Å². The lowest BCUT2D eigenvalue weighted by molar-refractivity contribution is 0.968. The van der Waals surface area contributed by atoms with Crippen LogP contribution >= 0.6 is 27.3 Å². The van der Waals surface area contributed by atoms with Gasteiger partial charge >= 0.3 is 0 Å². The van der Waals surface area contributed by atoms with Gasteiger partial charge in [-0.2, -0.15) is 0 Å². The second-order valence-electron chi connectivity index (χ2n) is 8.61. The minimum absolute atomic E-state index is 1.08. The highest BCUT2D eigenvalue weighted by atomic mass is 79.9. The van der Waals surface area contributed by atoms with Gasteiger partial charge in [-0.15, -0.1) is 11.3 Å². The topological polar surface area (TPSA) is 4.93 Å². The number of benzene rings is 4. The summed E-state index contributed by atoms with van der Waals surface area (Å²) in [5, 5.41) is 4.02. The summed E-state index contributed by atoms with van der Waals surface area (Å²) in [5.74, 6) is 0. The highest BCUT2D eigenvalue weighted by Crippen LogP contribution is 2.46. The van der Waals surface area contributed by atoms with E-state index in [2.05, 4.69) is 118 Å². The largest absolute Gasteiger partial charge is 0.308 e. The molecule has 0 amide bonds. The maximum absolute atomic E-state index is 3.93. The molecule has 0 N–H and O–H groups in total. The van der Waals surface area contributed by atoms with E-state index >= 15 is 0 Å². The summed E-state index contributed by atoms with van der Waals surface area (Å²) in [5.41, 5.74) is 7.82. The smallest absolute Gasteiger partial charge is 0.0717 e. The number of halogens is 1. The minimum Gasteiger partial charge on any atom is -0.308 e. The Labute approximate surface area is 204 Å². The van der Waals surface area contributed by atoms with Crippen LogP contribution in [-0.4, -0.2) is 4.57 Å². The molecule has 0 radical (unpaired) electrons. The predicted octanol–water partition coefficient (Wildman–Crippen LogP) is 9.39. The van der Waals surface area contributed by atoms with Crippen molar-refractivity contribution in [2.75, 3.05) is 0 Å². The van der Waals surface area contributed by atoms with E-state index in [9.17, 15) is 0 Å². The standard InChI is InChI=1S/C30H20BrNS/c31-25-18-24-22-10-4-6-12-26(22)32(21-16-14-20(15-17-21)19-8-2-1-3-9-19)29(24)30-28(25)23-11-5-7-13-27(23)33-30/h1-3,5-9,11-18H,4,10H2. The van der Waals surface area contributed by atoms with Crippen molar-refractivity contribution in [3.63, 3.8) is 0 Å². The molecule has 2 aromatic heterocycles. The first-order valence-electron chi connectivity index (χ1n) is 11.3. The molecular weight excluding hydrogens is 486 g/mol. The number of rotatable bonds is 2. The zero-order valence-electron chi connectivity index (χ0n) is 17.9. The third kappa shape index (κ3) is 2.89. The van der Waals surface area contributed by atoms with Crippen LogP contribution in [0.15, 0.2) is 95.5 Å². The van der Waals surface area contributed by atoms with Gasteiger partial charge in [0.1, 0.15) is 0 Å². The average molecular weight is 506 g/mol. The fourth-order valence-corrected chi connectivity index (χ4v) is 7.29. The number of allylic oxidation sites excluding steroid dienone is 1. The molecule has 1 aliphatic rings. The van der Waals surface area contributed by atoms with Gasteiger partial charge in [0, 0.05) is 36.7 Å². The normalized spacial score (nSPS) is 13.2. The molecule has 0 unspecified atom stereocenters. The Kier molecular flexibility index (Phi) is 4.36. The summed E-state index contributed by atoms with van der Waals surface area (Å²) in [6.45, 7) is 0. The van der Waals surface area contributed by atoms with Crippen LogP contribution < -0.4 is 0 Å². The number of aromatic nitrogens is 1. The maximum Gasteiger partial charge on any atom is 0.0717 e. The molecule has 0 aliphatic heterocycles. The molecule has 1 aliphatic carbocycles. The fraction of sp³-hybridized carbons (Fsp3) is 0.0667. The van der Waals surface area contributed by atoms with Crippen molar-refractivity contribution in [2.45, 2.75) is 12.8 Å². The number of fused-ring (bicyclic) bond motifs is 7. The Balaban J connectivity index is 1.56. The van der Waals surface area contributed by atoms with E-state index in [1.54, 1.807) is 0 Å². The van der Waals surface area contributed by atoms with Gasteiger partial charge in [0.15, 0.2) is 0 Å². The van der Waals surface area contributed by atoms with Crippen molar-refractivity contribution in [2.24, 2.45) is 0 Å². The van der Waals surface area contributed by atoms with E-state index in [0.717, 1.165) is 12.8 Å². The van der Waals surface area contributed by atoms with E-state index in [4.69, 9.17) is 0 Å². The van der Waals surface area contributed by atoms with E-state index in [-0.39, 0.29) is 0 Å². The van der Waals surface area contributed by atoms with Crippen LogP contribution in [0, 0.1) is 0 Å². The molecule has 0 saturated carbocycles. The molecular formula is C30H20BrNS. The Morgan fingerprint density at radius 1 is 0.788 bits per heavy atom. The molecule has 6 aromatic rings. The zero-order chi connectivity index (χ0) is 21.9. The molecule has 0 atom stereocenters. The summed E-state index contributed by atoms with van der Waals surface area (Å²) in [7, 11) is 0. The van der Waals surface area contributed by atoms with E-state index in [1.807, 2.05) is 11.3 Å². The summed E-state index contributed by atoms with van der Waals surface area (Å²) in [6.07, 6.45) is 6.81. The van der Waals surface area contributed by atoms with Gasteiger partial charge < -0.3 is 4.57 Å². The van der Waals surface area contributed by atoms with Gasteiger partial charge in [0.05, 0.1) is 10.2 Å². The Bertz CT molecular complexity index is 1700. The minimum atomic E-state index is 1.08. The summed E-state index contributed by atoms with van der Waals surface area (Å²) in [4.78, 5) is 0. The average Bonchev–Trinajstić information content (AvgIpc) is 3.41. The van der Waals surface area contributed by atoms with Crippen LogP contribution in [0.5, 0.6) is 0 Å². The quantitative estimate of drug-likeness (QED) is 0.220. The van der Waals surface area contributed by atoms with Crippen molar-refractivity contribution in [3.8, 4) is 16.8 Å². The Hall–Kier alpha value is -3.14. The molecule has 3 heteroatoms. The van der Waals surface area contributed by atoms with Crippen molar-refractivity contribution < 1.29 is 0 Å². The second kappa shape index (κ2) is 7.44. The maximum atomic E-state index is 3.93. The lowest BCUT2D eigenvalue weighted by Crippen LogP contribution is -2.00. The number of thiophene rings is 1. The molecule has 158 valence electrons. The Morgan fingerprint density at radius 3 is 2.39 bits per heavy atom. The summed E-state index contributed by atoms with van der Waals surface area (Å²) >= 11 is 5.83. The molecule has 0 bridgehead atoms. The van der Waals surface area contributed by atoms with Gasteiger partial charge in [0.25, 0.3) is 0 Å². The van der Waals surface area contributed by atoms with Crippen LogP contribution in [0.2, 0.25) is 0 Å². The van der Waals surface area contributed by atoms with Crippen LogP contribution in [0.25, 0.3) is 54.0 Å².